The molecule has 1 N–H and O–H groups in total. The molecule has 0 heterocycles. The van der Waals surface area contributed by atoms with Gasteiger partial charge in [-0.2, -0.15) is 0 Å². The molecule has 1 unspecified atom stereocenters. The summed E-state index contributed by atoms with van der Waals surface area (Å²) in [4.78, 5) is 30.8. The molecule has 2 amide bonds. The number of nitrogens with zero attached hydrogens (tertiary/aromatic N) is 2. The van der Waals surface area contributed by atoms with Crippen molar-refractivity contribution in [3.05, 3.63) is 131 Å². The molecule has 0 aliphatic rings. The van der Waals surface area contributed by atoms with Crippen LogP contribution < -0.4 is 10.2 Å². The van der Waals surface area contributed by atoms with E-state index in [2.05, 4.69) is 5.32 Å². The van der Waals surface area contributed by atoms with Crippen molar-refractivity contribution >= 4 is 23.2 Å². The Morgan fingerprint density at radius 3 is 2.05 bits per heavy atom. The van der Waals surface area contributed by atoms with Gasteiger partial charge in [-0.25, -0.2) is 8.78 Å². The normalized spacial score (nSPS) is 11.5. The van der Waals surface area contributed by atoms with Gasteiger partial charge in [-0.1, -0.05) is 60.7 Å². The molecule has 0 fully saturated rings. The number of nitrogens with one attached hydrogen (secondary N) is 1. The first kappa shape index (κ1) is 26.5. The van der Waals surface area contributed by atoms with Crippen LogP contribution in [0.25, 0.3) is 0 Å². The average Bonchev–Trinajstić information content (AvgIpc) is 2.91. The fraction of sp³-hybridized carbons (Fsp3) is 0.161. The van der Waals surface area contributed by atoms with Crippen LogP contribution in [0, 0.1) is 11.6 Å². The molecule has 1 atom stereocenters. The zero-order valence-corrected chi connectivity index (χ0v) is 21.3. The summed E-state index contributed by atoms with van der Waals surface area (Å²) >= 11 is 0. The van der Waals surface area contributed by atoms with Gasteiger partial charge in [-0.3, -0.25) is 9.59 Å². The van der Waals surface area contributed by atoms with E-state index in [4.69, 9.17) is 0 Å². The van der Waals surface area contributed by atoms with E-state index in [-0.39, 0.29) is 24.4 Å². The van der Waals surface area contributed by atoms with Gasteiger partial charge in [0.25, 0.3) is 5.91 Å². The molecule has 0 bridgehead atoms. The minimum absolute atomic E-state index is 0.0117. The highest BCUT2D eigenvalue weighted by atomic mass is 19.1. The lowest BCUT2D eigenvalue weighted by Crippen LogP contribution is -2.41. The van der Waals surface area contributed by atoms with E-state index < -0.39 is 23.6 Å². The molecule has 0 saturated carbocycles. The first-order valence-corrected chi connectivity index (χ1v) is 12.2. The summed E-state index contributed by atoms with van der Waals surface area (Å²) in [6.07, 6.45) is 0.0117. The number of benzene rings is 4. The maximum Gasteiger partial charge on any atom is 0.251 e. The van der Waals surface area contributed by atoms with Crippen molar-refractivity contribution in [1.29, 1.82) is 0 Å². The SMILES string of the molecule is CN(C)c1ccc(NC(=O)C(c2ccc(F)cc2)N(Cc2ccccc2F)C(=O)Cc2ccccc2)cc1. The van der Waals surface area contributed by atoms with Crippen molar-refractivity contribution in [3.8, 4) is 0 Å². The number of hydrogen-bond acceptors (Lipinski definition) is 3. The fourth-order valence-corrected chi connectivity index (χ4v) is 4.18. The quantitative estimate of drug-likeness (QED) is 0.300. The summed E-state index contributed by atoms with van der Waals surface area (Å²) in [7, 11) is 3.83. The molecule has 0 spiro atoms. The van der Waals surface area contributed by atoms with Gasteiger partial charge in [0.05, 0.1) is 6.42 Å². The third-order valence-electron chi connectivity index (χ3n) is 6.21. The van der Waals surface area contributed by atoms with Crippen LogP contribution in [0.2, 0.25) is 0 Å². The Kier molecular flexibility index (Phi) is 8.48. The summed E-state index contributed by atoms with van der Waals surface area (Å²) in [5, 5.41) is 2.88. The van der Waals surface area contributed by atoms with E-state index in [0.717, 1.165) is 11.3 Å². The lowest BCUT2D eigenvalue weighted by molar-refractivity contribution is -0.139. The van der Waals surface area contributed by atoms with Crippen molar-refractivity contribution in [2.24, 2.45) is 0 Å². The van der Waals surface area contributed by atoms with Crippen molar-refractivity contribution in [2.45, 2.75) is 19.0 Å². The summed E-state index contributed by atoms with van der Waals surface area (Å²) in [5.41, 5.74) is 2.93. The van der Waals surface area contributed by atoms with Crippen LogP contribution in [0.5, 0.6) is 0 Å². The number of amides is 2. The predicted octanol–water partition coefficient (Wildman–Crippen LogP) is 5.98. The highest BCUT2D eigenvalue weighted by molar-refractivity contribution is 5.98. The van der Waals surface area contributed by atoms with E-state index in [1.165, 1.54) is 35.2 Å². The van der Waals surface area contributed by atoms with Gasteiger partial charge in [0.15, 0.2) is 0 Å². The number of anilines is 2. The lowest BCUT2D eigenvalue weighted by Gasteiger charge is -2.32. The Labute approximate surface area is 221 Å². The molecule has 4 rings (SSSR count). The van der Waals surface area contributed by atoms with Crippen molar-refractivity contribution in [2.75, 3.05) is 24.3 Å². The summed E-state index contributed by atoms with van der Waals surface area (Å²) in [5.74, 6) is -1.81. The molecule has 0 radical (unpaired) electrons. The Morgan fingerprint density at radius 2 is 1.42 bits per heavy atom. The first-order valence-electron chi connectivity index (χ1n) is 12.2. The molecule has 0 aliphatic carbocycles. The first-order chi connectivity index (χ1) is 18.3. The second-order valence-electron chi connectivity index (χ2n) is 9.16. The van der Waals surface area contributed by atoms with Crippen LogP contribution in [-0.4, -0.2) is 30.8 Å². The lowest BCUT2D eigenvalue weighted by atomic mass is 10.0. The number of halogens is 2. The van der Waals surface area contributed by atoms with Gasteiger partial charge in [0, 0.05) is 37.6 Å². The molecule has 4 aromatic rings. The average molecular weight is 514 g/mol. The number of carbonyl (C=O) groups excluding carboxylic acids is 2. The standard InChI is InChI=1S/C31H29F2N3O2/c1-35(2)27-18-16-26(17-19-27)34-31(38)30(23-12-14-25(32)15-13-23)36(21-24-10-6-7-11-28(24)33)29(37)20-22-8-4-3-5-9-22/h3-19,30H,20-21H2,1-2H3,(H,34,38). The largest absolute Gasteiger partial charge is 0.378 e. The zero-order chi connectivity index (χ0) is 27.1. The smallest absolute Gasteiger partial charge is 0.251 e. The van der Waals surface area contributed by atoms with Crippen molar-refractivity contribution < 1.29 is 18.4 Å². The van der Waals surface area contributed by atoms with Crippen molar-refractivity contribution in [1.82, 2.24) is 4.90 Å². The molecule has 4 aromatic carbocycles. The van der Waals surface area contributed by atoms with Gasteiger partial charge in [0.2, 0.25) is 5.91 Å². The van der Waals surface area contributed by atoms with E-state index in [0.29, 0.717) is 11.3 Å². The van der Waals surface area contributed by atoms with Crippen LogP contribution in [0.1, 0.15) is 22.7 Å². The molecule has 0 saturated heterocycles. The van der Waals surface area contributed by atoms with Crippen LogP contribution in [-0.2, 0) is 22.6 Å². The minimum atomic E-state index is -1.14. The Bertz CT molecular complexity index is 1370. The van der Waals surface area contributed by atoms with Crippen LogP contribution in [0.4, 0.5) is 20.2 Å². The topological polar surface area (TPSA) is 52.7 Å². The summed E-state index contributed by atoms with van der Waals surface area (Å²) < 4.78 is 28.5. The van der Waals surface area contributed by atoms with E-state index >= 15 is 0 Å². The molecule has 194 valence electrons. The third kappa shape index (κ3) is 6.62. The number of carbonyl (C=O) groups is 2. The minimum Gasteiger partial charge on any atom is -0.378 e. The fourth-order valence-electron chi connectivity index (χ4n) is 4.18. The maximum atomic E-state index is 14.7. The van der Waals surface area contributed by atoms with Crippen LogP contribution in [0.15, 0.2) is 103 Å². The molecule has 0 aliphatic heterocycles. The predicted molar refractivity (Wildman–Crippen MR) is 146 cm³/mol. The van der Waals surface area contributed by atoms with E-state index in [1.807, 2.05) is 61.5 Å². The monoisotopic (exact) mass is 513 g/mol. The second kappa shape index (κ2) is 12.1. The highest BCUT2D eigenvalue weighted by Crippen LogP contribution is 2.28. The van der Waals surface area contributed by atoms with Gasteiger partial charge >= 0.3 is 0 Å². The zero-order valence-electron chi connectivity index (χ0n) is 21.3. The second-order valence-corrected chi connectivity index (χ2v) is 9.16. The molecular weight excluding hydrogens is 484 g/mol. The molecule has 38 heavy (non-hydrogen) atoms. The summed E-state index contributed by atoms with van der Waals surface area (Å²) in [6, 6.07) is 26.8. The maximum absolute atomic E-state index is 14.7. The summed E-state index contributed by atoms with van der Waals surface area (Å²) in [6.45, 7) is -0.145. The van der Waals surface area contributed by atoms with Crippen LogP contribution in [0.3, 0.4) is 0 Å². The van der Waals surface area contributed by atoms with Crippen molar-refractivity contribution in [3.63, 3.8) is 0 Å². The molecule has 7 heteroatoms. The molecule has 0 aromatic heterocycles. The van der Waals surface area contributed by atoms with Crippen LogP contribution >= 0.6 is 0 Å². The van der Waals surface area contributed by atoms with Gasteiger partial charge < -0.3 is 15.1 Å². The highest BCUT2D eigenvalue weighted by Gasteiger charge is 2.32. The molecular formula is C31H29F2N3O2. The van der Waals surface area contributed by atoms with E-state index in [9.17, 15) is 18.4 Å². The number of hydrogen-bond donors (Lipinski definition) is 1. The molecule has 5 nitrogen and oxygen atoms in total. The Balaban J connectivity index is 1.73. The van der Waals surface area contributed by atoms with Gasteiger partial charge in [0.1, 0.15) is 17.7 Å². The third-order valence-corrected chi connectivity index (χ3v) is 6.21. The van der Waals surface area contributed by atoms with E-state index in [1.54, 1.807) is 30.3 Å². The van der Waals surface area contributed by atoms with Gasteiger partial charge in [-0.15, -0.1) is 0 Å². The Morgan fingerprint density at radius 1 is 0.789 bits per heavy atom. The Hall–Kier alpha value is -4.52. The number of rotatable bonds is 9. The van der Waals surface area contributed by atoms with Gasteiger partial charge in [-0.05, 0) is 53.6 Å².